The van der Waals surface area contributed by atoms with Crippen molar-refractivity contribution in [1.82, 2.24) is 14.7 Å². The molecule has 5 heteroatoms. The number of nitrogens with zero attached hydrogens (tertiary/aromatic N) is 3. The molecule has 1 atom stereocenters. The average molecular weight is 301 g/mol. The Morgan fingerprint density at radius 2 is 1.95 bits per heavy atom. The van der Waals surface area contributed by atoms with Crippen LogP contribution in [0.25, 0.3) is 0 Å². The van der Waals surface area contributed by atoms with Crippen molar-refractivity contribution in [3.05, 3.63) is 53.9 Å². The summed E-state index contributed by atoms with van der Waals surface area (Å²) in [6.07, 6.45) is 1.61. The SMILES string of the molecule is CC(C)[C@H](CO)N(Cc1ccccc1)C(=O)c1ccnn1C. The van der Waals surface area contributed by atoms with Gasteiger partial charge in [0.15, 0.2) is 0 Å². The van der Waals surface area contributed by atoms with Crippen LogP contribution in [0, 0.1) is 5.92 Å². The van der Waals surface area contributed by atoms with Crippen LogP contribution in [0.4, 0.5) is 0 Å². The fourth-order valence-corrected chi connectivity index (χ4v) is 2.52. The molecule has 0 fully saturated rings. The van der Waals surface area contributed by atoms with E-state index in [1.54, 1.807) is 28.9 Å². The normalized spacial score (nSPS) is 12.4. The summed E-state index contributed by atoms with van der Waals surface area (Å²) in [4.78, 5) is 14.6. The minimum atomic E-state index is -0.234. The zero-order valence-corrected chi connectivity index (χ0v) is 13.3. The van der Waals surface area contributed by atoms with Gasteiger partial charge in [0.25, 0.3) is 5.91 Å². The number of carbonyl (C=O) groups excluding carboxylic acids is 1. The lowest BCUT2D eigenvalue weighted by Crippen LogP contribution is -2.45. The van der Waals surface area contributed by atoms with Crippen molar-refractivity contribution in [2.24, 2.45) is 13.0 Å². The molecule has 1 N–H and O–H groups in total. The molecular weight excluding hydrogens is 278 g/mol. The molecule has 0 saturated heterocycles. The van der Waals surface area contributed by atoms with Gasteiger partial charge < -0.3 is 10.0 Å². The second-order valence-corrected chi connectivity index (χ2v) is 5.75. The molecule has 0 aliphatic carbocycles. The van der Waals surface area contributed by atoms with Crippen molar-refractivity contribution >= 4 is 5.91 Å². The maximum Gasteiger partial charge on any atom is 0.272 e. The van der Waals surface area contributed by atoms with E-state index in [4.69, 9.17) is 0 Å². The van der Waals surface area contributed by atoms with E-state index >= 15 is 0 Å². The van der Waals surface area contributed by atoms with E-state index < -0.39 is 0 Å². The fraction of sp³-hybridized carbons (Fsp3) is 0.412. The number of aliphatic hydroxyl groups excluding tert-OH is 1. The number of benzene rings is 1. The zero-order valence-electron chi connectivity index (χ0n) is 13.3. The van der Waals surface area contributed by atoms with E-state index in [9.17, 15) is 9.90 Å². The third kappa shape index (κ3) is 3.54. The summed E-state index contributed by atoms with van der Waals surface area (Å²) < 4.78 is 1.56. The van der Waals surface area contributed by atoms with Gasteiger partial charge in [-0.2, -0.15) is 5.10 Å². The molecule has 118 valence electrons. The van der Waals surface area contributed by atoms with E-state index in [1.165, 1.54) is 0 Å². The summed E-state index contributed by atoms with van der Waals surface area (Å²) in [6.45, 7) is 4.42. The van der Waals surface area contributed by atoms with Gasteiger partial charge in [0.2, 0.25) is 0 Å². The number of rotatable bonds is 6. The molecule has 0 radical (unpaired) electrons. The van der Waals surface area contributed by atoms with Crippen LogP contribution >= 0.6 is 0 Å². The van der Waals surface area contributed by atoms with E-state index in [0.29, 0.717) is 12.2 Å². The Morgan fingerprint density at radius 3 is 2.45 bits per heavy atom. The number of hydrogen-bond acceptors (Lipinski definition) is 3. The lowest BCUT2D eigenvalue weighted by molar-refractivity contribution is 0.0471. The Labute approximate surface area is 131 Å². The van der Waals surface area contributed by atoms with Crippen molar-refractivity contribution in [3.63, 3.8) is 0 Å². The molecule has 0 unspecified atom stereocenters. The van der Waals surface area contributed by atoms with Gasteiger partial charge in [0, 0.05) is 19.8 Å². The lowest BCUT2D eigenvalue weighted by Gasteiger charge is -2.33. The Kier molecular flexibility index (Phi) is 5.33. The highest BCUT2D eigenvalue weighted by Gasteiger charge is 2.28. The highest BCUT2D eigenvalue weighted by atomic mass is 16.3. The predicted octanol–water partition coefficient (Wildman–Crippen LogP) is 2.08. The Bertz CT molecular complexity index is 607. The second-order valence-electron chi connectivity index (χ2n) is 5.75. The van der Waals surface area contributed by atoms with Crippen LogP contribution in [0.3, 0.4) is 0 Å². The van der Waals surface area contributed by atoms with E-state index in [0.717, 1.165) is 5.56 Å². The van der Waals surface area contributed by atoms with E-state index in [1.807, 2.05) is 44.2 Å². The third-order valence-corrected chi connectivity index (χ3v) is 3.85. The van der Waals surface area contributed by atoms with E-state index in [2.05, 4.69) is 5.10 Å². The van der Waals surface area contributed by atoms with Crippen LogP contribution in [0.5, 0.6) is 0 Å². The first kappa shape index (κ1) is 16.2. The molecule has 2 rings (SSSR count). The number of carbonyl (C=O) groups is 1. The van der Waals surface area contributed by atoms with Gasteiger partial charge in [0.1, 0.15) is 5.69 Å². The van der Waals surface area contributed by atoms with Gasteiger partial charge >= 0.3 is 0 Å². The van der Waals surface area contributed by atoms with Crippen molar-refractivity contribution in [2.45, 2.75) is 26.4 Å². The molecule has 0 aliphatic heterocycles. The Hall–Kier alpha value is -2.14. The zero-order chi connectivity index (χ0) is 16.1. The summed E-state index contributed by atoms with van der Waals surface area (Å²) in [6, 6.07) is 11.3. The van der Waals surface area contributed by atoms with Gasteiger partial charge in [-0.25, -0.2) is 0 Å². The van der Waals surface area contributed by atoms with Crippen molar-refractivity contribution < 1.29 is 9.90 Å². The van der Waals surface area contributed by atoms with Crippen LogP contribution in [-0.2, 0) is 13.6 Å². The largest absolute Gasteiger partial charge is 0.394 e. The third-order valence-electron chi connectivity index (χ3n) is 3.85. The topological polar surface area (TPSA) is 58.4 Å². The summed E-state index contributed by atoms with van der Waals surface area (Å²) in [7, 11) is 1.75. The number of aryl methyl sites for hydroxylation is 1. The molecule has 1 heterocycles. The van der Waals surface area contributed by atoms with Gasteiger partial charge in [0.05, 0.1) is 12.6 Å². The smallest absolute Gasteiger partial charge is 0.272 e. The van der Waals surface area contributed by atoms with Gasteiger partial charge in [-0.3, -0.25) is 9.48 Å². The summed E-state index contributed by atoms with van der Waals surface area (Å²) in [5.41, 5.74) is 1.56. The molecule has 2 aromatic rings. The second kappa shape index (κ2) is 7.22. The monoisotopic (exact) mass is 301 g/mol. The first-order valence-corrected chi connectivity index (χ1v) is 7.48. The lowest BCUT2D eigenvalue weighted by atomic mass is 10.0. The Balaban J connectivity index is 2.32. The first-order chi connectivity index (χ1) is 10.5. The van der Waals surface area contributed by atoms with Crippen molar-refractivity contribution in [1.29, 1.82) is 0 Å². The average Bonchev–Trinajstić information content (AvgIpc) is 2.93. The number of aliphatic hydroxyl groups is 1. The molecule has 1 aromatic carbocycles. The van der Waals surface area contributed by atoms with Crippen LogP contribution in [-0.4, -0.2) is 38.3 Å². The molecule has 0 aliphatic rings. The van der Waals surface area contributed by atoms with Crippen molar-refractivity contribution in [2.75, 3.05) is 6.61 Å². The maximum atomic E-state index is 12.9. The molecule has 22 heavy (non-hydrogen) atoms. The van der Waals surface area contributed by atoms with Gasteiger partial charge in [-0.15, -0.1) is 0 Å². The fourth-order valence-electron chi connectivity index (χ4n) is 2.52. The molecule has 0 spiro atoms. The molecule has 0 bridgehead atoms. The first-order valence-electron chi connectivity index (χ1n) is 7.48. The van der Waals surface area contributed by atoms with Crippen LogP contribution in [0.15, 0.2) is 42.6 Å². The summed E-state index contributed by atoms with van der Waals surface area (Å²) >= 11 is 0. The van der Waals surface area contributed by atoms with Crippen LogP contribution in [0.2, 0.25) is 0 Å². The standard InChI is InChI=1S/C17H23N3O2/c1-13(2)16(12-21)20(11-14-7-5-4-6-8-14)17(22)15-9-10-18-19(15)3/h4-10,13,16,21H,11-12H2,1-3H3/t16-/m0/s1. The van der Waals surface area contributed by atoms with Gasteiger partial charge in [-0.1, -0.05) is 44.2 Å². The Morgan fingerprint density at radius 1 is 1.27 bits per heavy atom. The number of aromatic nitrogens is 2. The van der Waals surface area contributed by atoms with Gasteiger partial charge in [-0.05, 0) is 17.5 Å². The van der Waals surface area contributed by atoms with Crippen LogP contribution < -0.4 is 0 Å². The summed E-state index contributed by atoms with van der Waals surface area (Å²) in [5, 5.41) is 13.8. The minimum Gasteiger partial charge on any atom is -0.394 e. The minimum absolute atomic E-state index is 0.0614. The molecule has 5 nitrogen and oxygen atoms in total. The quantitative estimate of drug-likeness (QED) is 0.888. The molecule has 1 amide bonds. The van der Waals surface area contributed by atoms with Crippen molar-refractivity contribution in [3.8, 4) is 0 Å². The molecule has 1 aromatic heterocycles. The highest BCUT2D eigenvalue weighted by Crippen LogP contribution is 2.18. The van der Waals surface area contributed by atoms with Crippen LogP contribution in [0.1, 0.15) is 29.9 Å². The highest BCUT2D eigenvalue weighted by molar-refractivity contribution is 5.92. The predicted molar refractivity (Wildman–Crippen MR) is 85.2 cm³/mol. The molecular formula is C17H23N3O2. The van der Waals surface area contributed by atoms with E-state index in [-0.39, 0.29) is 24.5 Å². The summed E-state index contributed by atoms with van der Waals surface area (Å²) in [5.74, 6) is 0.0440. The maximum absolute atomic E-state index is 12.9. The number of amides is 1. The number of hydrogen-bond donors (Lipinski definition) is 1. The molecule has 0 saturated carbocycles.